The molecule has 0 aromatic heterocycles. The summed E-state index contributed by atoms with van der Waals surface area (Å²) in [6.45, 7) is 5.98. The average molecular weight is 132 g/mol. The molecule has 56 valence electrons. The van der Waals surface area contributed by atoms with Crippen LogP contribution in [0.25, 0.3) is 0 Å². The molecule has 0 spiro atoms. The zero-order valence-electron chi connectivity index (χ0n) is 6.65. The van der Waals surface area contributed by atoms with E-state index < -0.39 is 6.17 Å². The van der Waals surface area contributed by atoms with Crippen LogP contribution in [-0.4, -0.2) is 6.17 Å². The molecule has 2 atom stereocenters. The lowest BCUT2D eigenvalue weighted by molar-refractivity contribution is 0.224. The van der Waals surface area contributed by atoms with Crippen molar-refractivity contribution in [3.05, 3.63) is 0 Å². The van der Waals surface area contributed by atoms with Crippen LogP contribution in [0.3, 0.4) is 0 Å². The van der Waals surface area contributed by atoms with Gasteiger partial charge in [0.05, 0.1) is 0 Å². The SMILES string of the molecule is CCC[C@H](C)[C@@H](F)CC. The van der Waals surface area contributed by atoms with Gasteiger partial charge in [0.1, 0.15) is 6.17 Å². The molecular formula is C8H17F. The number of halogens is 1. The molecule has 0 aromatic rings. The maximum absolute atomic E-state index is 12.7. The van der Waals surface area contributed by atoms with Crippen molar-refractivity contribution in [3.63, 3.8) is 0 Å². The Kier molecular flexibility index (Phi) is 4.74. The van der Waals surface area contributed by atoms with Gasteiger partial charge in [-0.05, 0) is 18.8 Å². The van der Waals surface area contributed by atoms with E-state index in [1.54, 1.807) is 0 Å². The van der Waals surface area contributed by atoms with Crippen molar-refractivity contribution in [2.45, 2.75) is 46.2 Å². The fraction of sp³-hybridized carbons (Fsp3) is 1.00. The molecule has 0 aliphatic rings. The Hall–Kier alpha value is -0.0700. The predicted octanol–water partition coefficient (Wildman–Crippen LogP) is 3.17. The Balaban J connectivity index is 3.32. The maximum atomic E-state index is 12.7. The standard InChI is InChI=1S/C8H17F/c1-4-6-7(3)8(9)5-2/h7-8H,4-6H2,1-3H3/t7-,8-/m0/s1. The van der Waals surface area contributed by atoms with Crippen LogP contribution >= 0.6 is 0 Å². The van der Waals surface area contributed by atoms with Crippen LogP contribution in [0.2, 0.25) is 0 Å². The van der Waals surface area contributed by atoms with E-state index in [0.29, 0.717) is 6.42 Å². The first kappa shape index (κ1) is 8.93. The monoisotopic (exact) mass is 132 g/mol. The highest BCUT2D eigenvalue weighted by Crippen LogP contribution is 2.15. The Bertz CT molecular complexity index is 61.6. The van der Waals surface area contributed by atoms with Gasteiger partial charge in [0.2, 0.25) is 0 Å². The van der Waals surface area contributed by atoms with Gasteiger partial charge in [-0.3, -0.25) is 0 Å². The molecule has 0 amide bonds. The van der Waals surface area contributed by atoms with E-state index in [1.807, 2.05) is 13.8 Å². The smallest absolute Gasteiger partial charge is 0.102 e. The van der Waals surface area contributed by atoms with E-state index in [9.17, 15) is 4.39 Å². The molecule has 0 aliphatic carbocycles. The summed E-state index contributed by atoms with van der Waals surface area (Å²) < 4.78 is 12.7. The third kappa shape index (κ3) is 3.50. The second kappa shape index (κ2) is 4.78. The molecule has 0 heterocycles. The zero-order chi connectivity index (χ0) is 7.28. The van der Waals surface area contributed by atoms with E-state index in [4.69, 9.17) is 0 Å². The molecule has 0 saturated carbocycles. The van der Waals surface area contributed by atoms with Gasteiger partial charge in [-0.2, -0.15) is 0 Å². The lowest BCUT2D eigenvalue weighted by Crippen LogP contribution is -2.10. The largest absolute Gasteiger partial charge is 0.247 e. The summed E-state index contributed by atoms with van der Waals surface area (Å²) in [7, 11) is 0. The minimum absolute atomic E-state index is 0.264. The number of alkyl halides is 1. The molecular weight excluding hydrogens is 115 g/mol. The van der Waals surface area contributed by atoms with Crippen LogP contribution in [0.15, 0.2) is 0 Å². The number of rotatable bonds is 4. The summed E-state index contributed by atoms with van der Waals surface area (Å²) in [5.41, 5.74) is 0. The van der Waals surface area contributed by atoms with Crippen molar-refractivity contribution in [3.8, 4) is 0 Å². The van der Waals surface area contributed by atoms with Gasteiger partial charge in [-0.15, -0.1) is 0 Å². The van der Waals surface area contributed by atoms with Gasteiger partial charge in [0.15, 0.2) is 0 Å². The molecule has 0 N–H and O–H groups in total. The van der Waals surface area contributed by atoms with Crippen LogP contribution in [0.4, 0.5) is 4.39 Å². The summed E-state index contributed by atoms with van der Waals surface area (Å²) in [6, 6.07) is 0. The van der Waals surface area contributed by atoms with Crippen LogP contribution in [-0.2, 0) is 0 Å². The van der Waals surface area contributed by atoms with Gasteiger partial charge < -0.3 is 0 Å². The van der Waals surface area contributed by atoms with Gasteiger partial charge >= 0.3 is 0 Å². The summed E-state index contributed by atoms with van der Waals surface area (Å²) in [4.78, 5) is 0. The van der Waals surface area contributed by atoms with Crippen molar-refractivity contribution in [2.75, 3.05) is 0 Å². The molecule has 0 rings (SSSR count). The normalized spacial score (nSPS) is 17.3. The first-order valence-corrected chi connectivity index (χ1v) is 3.86. The minimum Gasteiger partial charge on any atom is -0.247 e. The Morgan fingerprint density at radius 2 is 1.89 bits per heavy atom. The van der Waals surface area contributed by atoms with Crippen molar-refractivity contribution < 1.29 is 4.39 Å². The molecule has 0 fully saturated rings. The minimum atomic E-state index is -0.579. The molecule has 9 heavy (non-hydrogen) atoms. The molecule has 0 aromatic carbocycles. The van der Waals surface area contributed by atoms with Crippen LogP contribution in [0.1, 0.15) is 40.0 Å². The Labute approximate surface area is 57.5 Å². The summed E-state index contributed by atoms with van der Waals surface area (Å²) in [6.07, 6.45) is 2.21. The molecule has 1 heteroatoms. The molecule has 0 saturated heterocycles. The molecule has 0 nitrogen and oxygen atoms in total. The van der Waals surface area contributed by atoms with Crippen LogP contribution in [0, 0.1) is 5.92 Å². The Morgan fingerprint density at radius 1 is 1.33 bits per heavy atom. The lowest BCUT2D eigenvalue weighted by atomic mass is 9.99. The highest BCUT2D eigenvalue weighted by atomic mass is 19.1. The maximum Gasteiger partial charge on any atom is 0.102 e. The summed E-state index contributed by atoms with van der Waals surface area (Å²) in [5.74, 6) is 0.264. The van der Waals surface area contributed by atoms with E-state index in [-0.39, 0.29) is 5.92 Å². The molecule has 0 aliphatic heterocycles. The second-order valence-electron chi connectivity index (χ2n) is 2.69. The van der Waals surface area contributed by atoms with E-state index in [2.05, 4.69) is 6.92 Å². The average Bonchev–Trinajstić information content (AvgIpc) is 1.87. The van der Waals surface area contributed by atoms with E-state index in [1.165, 1.54) is 0 Å². The van der Waals surface area contributed by atoms with Gasteiger partial charge in [-0.25, -0.2) is 4.39 Å². The van der Waals surface area contributed by atoms with E-state index >= 15 is 0 Å². The predicted molar refractivity (Wildman–Crippen MR) is 39.3 cm³/mol. The topological polar surface area (TPSA) is 0 Å². The third-order valence-corrected chi connectivity index (χ3v) is 1.75. The molecule has 0 radical (unpaired) electrons. The Morgan fingerprint density at radius 3 is 2.22 bits per heavy atom. The first-order valence-electron chi connectivity index (χ1n) is 3.86. The quantitative estimate of drug-likeness (QED) is 0.551. The second-order valence-corrected chi connectivity index (χ2v) is 2.69. The highest BCUT2D eigenvalue weighted by Gasteiger charge is 2.11. The molecule has 0 unspecified atom stereocenters. The van der Waals surface area contributed by atoms with Gasteiger partial charge in [0.25, 0.3) is 0 Å². The van der Waals surface area contributed by atoms with Crippen molar-refractivity contribution in [1.29, 1.82) is 0 Å². The zero-order valence-corrected chi connectivity index (χ0v) is 6.65. The lowest BCUT2D eigenvalue weighted by Gasteiger charge is -2.12. The van der Waals surface area contributed by atoms with Crippen molar-refractivity contribution >= 4 is 0 Å². The highest BCUT2D eigenvalue weighted by molar-refractivity contribution is 4.61. The number of hydrogen-bond donors (Lipinski definition) is 0. The first-order chi connectivity index (χ1) is 4.22. The van der Waals surface area contributed by atoms with Crippen LogP contribution in [0.5, 0.6) is 0 Å². The third-order valence-electron chi connectivity index (χ3n) is 1.75. The van der Waals surface area contributed by atoms with Gasteiger partial charge in [-0.1, -0.05) is 27.2 Å². The fourth-order valence-corrected chi connectivity index (χ4v) is 1.04. The summed E-state index contributed by atoms with van der Waals surface area (Å²) >= 11 is 0. The molecule has 0 bridgehead atoms. The van der Waals surface area contributed by atoms with Crippen molar-refractivity contribution in [2.24, 2.45) is 5.92 Å². The van der Waals surface area contributed by atoms with Crippen molar-refractivity contribution in [1.82, 2.24) is 0 Å². The van der Waals surface area contributed by atoms with Gasteiger partial charge in [0, 0.05) is 0 Å². The van der Waals surface area contributed by atoms with Crippen LogP contribution < -0.4 is 0 Å². The fourth-order valence-electron chi connectivity index (χ4n) is 1.04. The number of hydrogen-bond acceptors (Lipinski definition) is 0. The summed E-state index contributed by atoms with van der Waals surface area (Å²) in [5, 5.41) is 0. The van der Waals surface area contributed by atoms with E-state index in [0.717, 1.165) is 12.8 Å².